The molecule has 0 radical (unpaired) electrons. The van der Waals surface area contributed by atoms with Crippen LogP contribution in [0.5, 0.6) is 0 Å². The van der Waals surface area contributed by atoms with Gasteiger partial charge in [0.15, 0.2) is 5.11 Å². The molecule has 1 aliphatic heterocycles. The Kier molecular flexibility index (Phi) is 3.80. The highest BCUT2D eigenvalue weighted by molar-refractivity contribution is 7.80. The van der Waals surface area contributed by atoms with Crippen molar-refractivity contribution in [1.82, 2.24) is 10.6 Å². The summed E-state index contributed by atoms with van der Waals surface area (Å²) >= 11 is 4.76. The standard InChI is InChI=1S/C11H16N2O2S/c1-4-11(6-5-7(2)3)8(14)12-10(16)13-9(11)15/h5-7H,4H2,1-3H3,(H2,12,13,14,15,16). The third kappa shape index (κ3) is 2.29. The van der Waals surface area contributed by atoms with Crippen LogP contribution < -0.4 is 10.6 Å². The molecule has 0 saturated carbocycles. The SMILES string of the molecule is CCC1(C=CC(C)C)C(=O)NC(=S)NC1=O. The van der Waals surface area contributed by atoms with Gasteiger partial charge in [0.05, 0.1) is 0 Å². The van der Waals surface area contributed by atoms with Crippen LogP contribution in [0, 0.1) is 11.3 Å². The van der Waals surface area contributed by atoms with Crippen LogP contribution in [0.1, 0.15) is 27.2 Å². The Hall–Kier alpha value is -1.23. The molecule has 1 rings (SSSR count). The van der Waals surface area contributed by atoms with Gasteiger partial charge >= 0.3 is 0 Å². The summed E-state index contributed by atoms with van der Waals surface area (Å²) in [6.07, 6.45) is 3.94. The van der Waals surface area contributed by atoms with Crippen LogP contribution in [-0.2, 0) is 9.59 Å². The maximum atomic E-state index is 11.9. The van der Waals surface area contributed by atoms with E-state index in [9.17, 15) is 9.59 Å². The second kappa shape index (κ2) is 4.74. The van der Waals surface area contributed by atoms with Crippen LogP contribution in [0.3, 0.4) is 0 Å². The first-order chi connectivity index (χ1) is 7.42. The first-order valence-corrected chi connectivity index (χ1v) is 5.69. The molecule has 1 aliphatic rings. The van der Waals surface area contributed by atoms with Crippen molar-refractivity contribution in [3.8, 4) is 0 Å². The first kappa shape index (κ1) is 12.8. The van der Waals surface area contributed by atoms with E-state index < -0.39 is 5.41 Å². The summed E-state index contributed by atoms with van der Waals surface area (Å²) in [6.45, 7) is 5.78. The first-order valence-electron chi connectivity index (χ1n) is 5.28. The van der Waals surface area contributed by atoms with Crippen molar-refractivity contribution >= 4 is 29.1 Å². The van der Waals surface area contributed by atoms with Crippen molar-refractivity contribution in [3.63, 3.8) is 0 Å². The zero-order valence-corrected chi connectivity index (χ0v) is 10.5. The van der Waals surface area contributed by atoms with E-state index in [1.165, 1.54) is 0 Å². The average molecular weight is 240 g/mol. The predicted octanol–water partition coefficient (Wildman–Crippen LogP) is 1.13. The van der Waals surface area contributed by atoms with E-state index in [-0.39, 0.29) is 22.8 Å². The smallest absolute Gasteiger partial charge is 0.245 e. The van der Waals surface area contributed by atoms with Crippen molar-refractivity contribution in [2.24, 2.45) is 11.3 Å². The number of hydrogen-bond acceptors (Lipinski definition) is 3. The minimum Gasteiger partial charge on any atom is -0.302 e. The topological polar surface area (TPSA) is 58.2 Å². The highest BCUT2D eigenvalue weighted by Crippen LogP contribution is 2.27. The van der Waals surface area contributed by atoms with E-state index in [4.69, 9.17) is 12.2 Å². The predicted molar refractivity (Wildman–Crippen MR) is 65.6 cm³/mol. The molecular formula is C11H16N2O2S. The Morgan fingerprint density at radius 2 is 1.81 bits per heavy atom. The molecule has 0 spiro atoms. The van der Waals surface area contributed by atoms with Gasteiger partial charge in [0.1, 0.15) is 5.41 Å². The Bertz CT molecular complexity index is 341. The van der Waals surface area contributed by atoms with Crippen LogP contribution in [0.2, 0.25) is 0 Å². The summed E-state index contributed by atoms with van der Waals surface area (Å²) in [6, 6.07) is 0. The molecule has 1 heterocycles. The van der Waals surface area contributed by atoms with Crippen LogP contribution >= 0.6 is 12.2 Å². The summed E-state index contributed by atoms with van der Waals surface area (Å²) in [4.78, 5) is 23.7. The largest absolute Gasteiger partial charge is 0.302 e. The second-order valence-electron chi connectivity index (χ2n) is 4.17. The molecule has 16 heavy (non-hydrogen) atoms. The fraction of sp³-hybridized carbons (Fsp3) is 0.545. The van der Waals surface area contributed by atoms with E-state index in [2.05, 4.69) is 10.6 Å². The number of amides is 2. The van der Waals surface area contributed by atoms with Gasteiger partial charge in [-0.2, -0.15) is 0 Å². The van der Waals surface area contributed by atoms with Crippen LogP contribution in [0.4, 0.5) is 0 Å². The Morgan fingerprint density at radius 3 is 2.19 bits per heavy atom. The van der Waals surface area contributed by atoms with Crippen molar-refractivity contribution in [1.29, 1.82) is 0 Å². The summed E-state index contributed by atoms with van der Waals surface area (Å²) < 4.78 is 0. The number of allylic oxidation sites excluding steroid dienone is 1. The number of thiocarbonyl (C=S) groups is 1. The third-order valence-corrected chi connectivity index (χ3v) is 2.79. The van der Waals surface area contributed by atoms with Gasteiger partial charge in [-0.15, -0.1) is 0 Å². The summed E-state index contributed by atoms with van der Waals surface area (Å²) in [7, 11) is 0. The Morgan fingerprint density at radius 1 is 1.31 bits per heavy atom. The Balaban J connectivity index is 3.05. The zero-order valence-electron chi connectivity index (χ0n) is 9.66. The minimum absolute atomic E-state index is 0.0806. The highest BCUT2D eigenvalue weighted by atomic mass is 32.1. The molecule has 0 aliphatic carbocycles. The fourth-order valence-electron chi connectivity index (χ4n) is 1.51. The molecular weight excluding hydrogens is 224 g/mol. The number of hydrogen-bond donors (Lipinski definition) is 2. The molecule has 1 saturated heterocycles. The van der Waals surface area contributed by atoms with Crippen LogP contribution in [0.15, 0.2) is 12.2 Å². The summed E-state index contributed by atoms with van der Waals surface area (Å²) in [5.74, 6) is -0.404. The summed E-state index contributed by atoms with van der Waals surface area (Å²) in [5.41, 5.74) is -1.12. The molecule has 5 heteroatoms. The number of nitrogens with one attached hydrogen (secondary N) is 2. The molecule has 0 aromatic heterocycles. The lowest BCUT2D eigenvalue weighted by Crippen LogP contribution is -2.61. The van der Waals surface area contributed by atoms with Gasteiger partial charge in [0.2, 0.25) is 11.8 Å². The van der Waals surface area contributed by atoms with Gasteiger partial charge < -0.3 is 10.6 Å². The van der Waals surface area contributed by atoms with E-state index in [1.807, 2.05) is 19.9 Å². The quantitative estimate of drug-likeness (QED) is 0.441. The second-order valence-corrected chi connectivity index (χ2v) is 4.57. The van der Waals surface area contributed by atoms with E-state index >= 15 is 0 Å². The van der Waals surface area contributed by atoms with Gasteiger partial charge in [-0.3, -0.25) is 9.59 Å². The van der Waals surface area contributed by atoms with Gasteiger partial charge in [0, 0.05) is 0 Å². The molecule has 0 aromatic carbocycles. The summed E-state index contributed by atoms with van der Waals surface area (Å²) in [5, 5.41) is 5.05. The van der Waals surface area contributed by atoms with Crippen molar-refractivity contribution < 1.29 is 9.59 Å². The monoisotopic (exact) mass is 240 g/mol. The molecule has 0 unspecified atom stereocenters. The molecule has 2 amide bonds. The van der Waals surface area contributed by atoms with Gasteiger partial charge in [-0.1, -0.05) is 32.9 Å². The zero-order chi connectivity index (χ0) is 12.3. The maximum absolute atomic E-state index is 11.9. The molecule has 4 nitrogen and oxygen atoms in total. The van der Waals surface area contributed by atoms with Gasteiger partial charge in [-0.05, 0) is 24.6 Å². The molecule has 0 atom stereocenters. The minimum atomic E-state index is -1.12. The number of rotatable bonds is 3. The maximum Gasteiger partial charge on any atom is 0.245 e. The molecule has 0 aromatic rings. The van der Waals surface area contributed by atoms with E-state index in [0.717, 1.165) is 0 Å². The number of carbonyl (C=O) groups excluding carboxylic acids is 2. The van der Waals surface area contributed by atoms with Gasteiger partial charge in [0.25, 0.3) is 0 Å². The van der Waals surface area contributed by atoms with Crippen LogP contribution in [-0.4, -0.2) is 16.9 Å². The van der Waals surface area contributed by atoms with Crippen molar-refractivity contribution in [3.05, 3.63) is 12.2 Å². The Labute approximate surface area is 100 Å². The van der Waals surface area contributed by atoms with Crippen molar-refractivity contribution in [2.45, 2.75) is 27.2 Å². The lowest BCUT2D eigenvalue weighted by molar-refractivity contribution is -0.140. The van der Waals surface area contributed by atoms with E-state index in [1.54, 1.807) is 13.0 Å². The molecule has 0 bridgehead atoms. The van der Waals surface area contributed by atoms with Crippen LogP contribution in [0.25, 0.3) is 0 Å². The third-order valence-electron chi connectivity index (χ3n) is 2.59. The molecule has 88 valence electrons. The highest BCUT2D eigenvalue weighted by Gasteiger charge is 2.45. The average Bonchev–Trinajstić information content (AvgIpc) is 2.17. The fourth-order valence-corrected chi connectivity index (χ4v) is 1.70. The number of carbonyl (C=O) groups is 2. The lowest BCUT2D eigenvalue weighted by Gasteiger charge is -2.31. The molecule has 2 N–H and O–H groups in total. The van der Waals surface area contributed by atoms with Crippen molar-refractivity contribution in [2.75, 3.05) is 0 Å². The molecule has 1 fully saturated rings. The van der Waals surface area contributed by atoms with Gasteiger partial charge in [-0.25, -0.2) is 0 Å². The normalized spacial score (nSPS) is 20.1. The lowest BCUT2D eigenvalue weighted by atomic mass is 9.81. The van der Waals surface area contributed by atoms with E-state index in [0.29, 0.717) is 6.42 Å².